The van der Waals surface area contributed by atoms with Crippen LogP contribution in [0.3, 0.4) is 0 Å². The van der Waals surface area contributed by atoms with E-state index in [1.807, 2.05) is 67.7 Å². The summed E-state index contributed by atoms with van der Waals surface area (Å²) >= 11 is 0. The minimum atomic E-state index is 0. The summed E-state index contributed by atoms with van der Waals surface area (Å²) in [6.45, 7) is 17.0. The number of aryl methyl sites for hydroxylation is 1. The van der Waals surface area contributed by atoms with Gasteiger partial charge in [-0.3, -0.25) is 9.98 Å². The second kappa shape index (κ2) is 26.0. The highest BCUT2D eigenvalue weighted by Crippen LogP contribution is 2.37. The lowest BCUT2D eigenvalue weighted by Crippen LogP contribution is -2.04. The van der Waals surface area contributed by atoms with Crippen molar-refractivity contribution in [3.63, 3.8) is 0 Å². The molecule has 0 aromatic heterocycles. The molecule has 0 heterocycles. The normalized spacial score (nSPS) is 11.5. The highest BCUT2D eigenvalue weighted by molar-refractivity contribution is 7.59. The van der Waals surface area contributed by atoms with Crippen LogP contribution in [0.5, 0.6) is 0 Å². The molecule has 0 atom stereocenters. The molecule has 10 rings (SSSR count). The first-order chi connectivity index (χ1) is 37.3. The lowest BCUT2D eigenvalue weighted by Gasteiger charge is -2.14. The standard InChI is InChI=1S/C71H59N3.C2H4.H2S/c1-6-72-70-27-16-13-20-60(70)33-30-52-28-31-58(32-29-52)64-44-53(48-73-71(61-21-11-8-12-22-61)74-51(5)54-18-9-7-10-19-54)45-65(47-64)59-40-36-56(37-41-59)55-34-38-57(39-35-55)62-23-17-24-63(46-62)69-43-50(4)68(42-49(2)3)66-25-14-15-26-67(66)69;1-2;/h6-47H,48H2,1-5H3;1-2H2;1H2/b33-30+,72-6?,73-71?,74-51?;;. The fourth-order valence-corrected chi connectivity index (χ4v) is 9.65. The van der Waals surface area contributed by atoms with Gasteiger partial charge in [0, 0.05) is 23.1 Å². The summed E-state index contributed by atoms with van der Waals surface area (Å²) in [5.41, 5.74) is 22.8. The Kier molecular flexibility index (Phi) is 18.3. The molecule has 0 saturated heterocycles. The summed E-state index contributed by atoms with van der Waals surface area (Å²) < 4.78 is 0. The number of aliphatic imine (C=N–C) groups is 3. The van der Waals surface area contributed by atoms with E-state index in [1.165, 1.54) is 60.9 Å². The van der Waals surface area contributed by atoms with Crippen LogP contribution in [0, 0.1) is 6.92 Å². The van der Waals surface area contributed by atoms with Crippen LogP contribution in [0.1, 0.15) is 66.6 Å². The summed E-state index contributed by atoms with van der Waals surface area (Å²) in [5.74, 6) is 0.707. The van der Waals surface area contributed by atoms with E-state index < -0.39 is 0 Å². The Balaban J connectivity index is 0.00000258. The van der Waals surface area contributed by atoms with Crippen LogP contribution in [-0.2, 0) is 6.54 Å². The number of benzene rings is 10. The van der Waals surface area contributed by atoms with Crippen molar-refractivity contribution in [1.29, 1.82) is 0 Å². The molecule has 3 nitrogen and oxygen atoms in total. The largest absolute Gasteiger partial charge is 0.261 e. The molecular formula is C73H65N3S. The average molecular weight is 1020 g/mol. The Hall–Kier alpha value is -8.96. The van der Waals surface area contributed by atoms with E-state index in [0.717, 1.165) is 61.5 Å². The first-order valence-electron chi connectivity index (χ1n) is 26.0. The molecule has 4 heteroatoms. The molecule has 0 radical (unpaired) electrons. The van der Waals surface area contributed by atoms with Gasteiger partial charge in [0.05, 0.1) is 12.2 Å². The second-order valence-electron chi connectivity index (χ2n) is 19.0. The fourth-order valence-electron chi connectivity index (χ4n) is 9.65. The van der Waals surface area contributed by atoms with Gasteiger partial charge in [-0.15, -0.1) is 13.2 Å². The Morgan fingerprint density at radius 3 is 1.58 bits per heavy atom. The maximum Gasteiger partial charge on any atom is 0.155 e. The van der Waals surface area contributed by atoms with Gasteiger partial charge in [-0.05, 0) is 159 Å². The van der Waals surface area contributed by atoms with Gasteiger partial charge in [-0.25, -0.2) is 4.99 Å². The van der Waals surface area contributed by atoms with Crippen molar-refractivity contribution in [2.75, 3.05) is 0 Å². The van der Waals surface area contributed by atoms with Gasteiger partial charge >= 0.3 is 0 Å². The van der Waals surface area contributed by atoms with Gasteiger partial charge in [-0.1, -0.05) is 224 Å². The van der Waals surface area contributed by atoms with Gasteiger partial charge < -0.3 is 0 Å². The van der Waals surface area contributed by atoms with Crippen LogP contribution in [0.2, 0.25) is 0 Å². The molecule has 0 aliphatic heterocycles. The number of fused-ring (bicyclic) bond motifs is 1. The minimum Gasteiger partial charge on any atom is -0.261 e. The number of amidine groups is 1. The third kappa shape index (κ3) is 13.3. The number of para-hydroxylation sites is 1. The van der Waals surface area contributed by atoms with Crippen molar-refractivity contribution in [1.82, 2.24) is 0 Å². The van der Waals surface area contributed by atoms with Gasteiger partial charge in [0.2, 0.25) is 0 Å². The van der Waals surface area contributed by atoms with Gasteiger partial charge in [0.25, 0.3) is 0 Å². The molecule has 0 aliphatic carbocycles. The molecule has 0 fully saturated rings. The second-order valence-corrected chi connectivity index (χ2v) is 19.0. The number of allylic oxidation sites excluding steroid dienone is 1. The molecule has 0 aliphatic rings. The van der Waals surface area contributed by atoms with Crippen LogP contribution in [0.4, 0.5) is 5.69 Å². The van der Waals surface area contributed by atoms with Crippen molar-refractivity contribution in [3.8, 4) is 55.6 Å². The molecule has 0 amide bonds. The quantitative estimate of drug-likeness (QED) is 0.0478. The Bertz CT molecular complexity index is 3770. The van der Waals surface area contributed by atoms with Crippen molar-refractivity contribution < 1.29 is 0 Å². The zero-order valence-corrected chi connectivity index (χ0v) is 45.7. The van der Waals surface area contributed by atoms with E-state index in [9.17, 15) is 0 Å². The molecule has 0 unspecified atom stereocenters. The monoisotopic (exact) mass is 1020 g/mol. The third-order valence-corrected chi connectivity index (χ3v) is 13.5. The van der Waals surface area contributed by atoms with E-state index in [2.05, 4.69) is 240 Å². The summed E-state index contributed by atoms with van der Waals surface area (Å²) in [5, 5.41) is 2.56. The predicted octanol–water partition coefficient (Wildman–Crippen LogP) is 20.2. The molecule has 0 saturated carbocycles. The van der Waals surface area contributed by atoms with Crippen LogP contribution in [-0.4, -0.2) is 17.8 Å². The van der Waals surface area contributed by atoms with Crippen LogP contribution in [0.25, 0.3) is 84.6 Å². The summed E-state index contributed by atoms with van der Waals surface area (Å²) in [7, 11) is 0. The summed E-state index contributed by atoms with van der Waals surface area (Å²) in [4.78, 5) is 14.9. The molecule has 10 aromatic rings. The van der Waals surface area contributed by atoms with Crippen LogP contribution >= 0.6 is 13.5 Å². The molecular weight excluding hydrogens is 951 g/mol. The Morgan fingerprint density at radius 1 is 0.468 bits per heavy atom. The van der Waals surface area contributed by atoms with E-state index in [-0.39, 0.29) is 13.5 Å². The lowest BCUT2D eigenvalue weighted by atomic mass is 9.90. The average Bonchev–Trinajstić information content (AvgIpc) is 3.49. The maximum absolute atomic E-state index is 5.22. The highest BCUT2D eigenvalue weighted by Gasteiger charge is 2.13. The Morgan fingerprint density at radius 2 is 0.974 bits per heavy atom. The number of nitrogens with zero attached hydrogens (tertiary/aromatic N) is 3. The molecule has 378 valence electrons. The SMILES string of the molecule is C=C.CC=Nc1ccccc1/C=C/c1ccc(-c2cc(CN=C(N=C(C)c3ccccc3)c3ccccc3)cc(-c3ccc(-c4ccc(-c5cccc(-c6cc(C)c(C=C(C)C)c7ccccc67)c5)cc4)cc3)c2)cc1.S. The fraction of sp³-hybridized carbons (Fsp3) is 0.0822. The zero-order chi connectivity index (χ0) is 52.8. The van der Waals surface area contributed by atoms with Gasteiger partial charge in [0.1, 0.15) is 0 Å². The van der Waals surface area contributed by atoms with Crippen LogP contribution < -0.4 is 0 Å². The first-order valence-corrected chi connectivity index (χ1v) is 26.0. The van der Waals surface area contributed by atoms with Gasteiger partial charge in [0.15, 0.2) is 5.84 Å². The smallest absolute Gasteiger partial charge is 0.155 e. The van der Waals surface area contributed by atoms with Crippen molar-refractivity contribution >= 4 is 65.9 Å². The summed E-state index contributed by atoms with van der Waals surface area (Å²) in [6.07, 6.45) is 8.41. The first kappa shape index (κ1) is 54.3. The van der Waals surface area contributed by atoms with E-state index in [0.29, 0.717) is 12.4 Å². The van der Waals surface area contributed by atoms with Crippen molar-refractivity contribution in [3.05, 3.63) is 288 Å². The third-order valence-electron chi connectivity index (χ3n) is 13.5. The number of hydrogen-bond acceptors (Lipinski definition) is 2. The van der Waals surface area contributed by atoms with Crippen LogP contribution in [0.15, 0.2) is 264 Å². The zero-order valence-electron chi connectivity index (χ0n) is 44.7. The predicted molar refractivity (Wildman–Crippen MR) is 341 cm³/mol. The number of rotatable bonds is 13. The molecule has 0 N–H and O–H groups in total. The van der Waals surface area contributed by atoms with E-state index >= 15 is 0 Å². The molecule has 0 bridgehead atoms. The molecule has 0 spiro atoms. The molecule has 77 heavy (non-hydrogen) atoms. The Labute approximate surface area is 463 Å². The van der Waals surface area contributed by atoms with Gasteiger partial charge in [-0.2, -0.15) is 13.5 Å². The van der Waals surface area contributed by atoms with E-state index in [1.54, 1.807) is 0 Å². The molecule has 10 aromatic carbocycles. The van der Waals surface area contributed by atoms with E-state index in [4.69, 9.17) is 9.98 Å². The van der Waals surface area contributed by atoms with Crippen molar-refractivity contribution in [2.45, 2.75) is 41.2 Å². The summed E-state index contributed by atoms with van der Waals surface area (Å²) in [6, 6.07) is 82.4. The topological polar surface area (TPSA) is 37.1 Å². The number of hydrogen-bond donors (Lipinski definition) is 0. The highest BCUT2D eigenvalue weighted by atomic mass is 32.1. The minimum absolute atomic E-state index is 0. The van der Waals surface area contributed by atoms with Crippen molar-refractivity contribution in [2.24, 2.45) is 15.0 Å². The lowest BCUT2D eigenvalue weighted by molar-refractivity contribution is 1.06. The maximum atomic E-state index is 5.22.